The molecule has 4 heterocycles. The predicted octanol–water partition coefficient (Wildman–Crippen LogP) is 1.63. The standard InChI is InChI=1S/C20H23N5O3S/c26-18(24-8-2-3-14(10-24)28-17-6-7-21-12-22-17)9-13-11-29-20-23-16-5-1-4-15(16)19(27)25(13)20/h6-7,12-14H,1-5,8-11H2. The number of aryl methyl sites for hydroxylation is 1. The first-order valence-corrected chi connectivity index (χ1v) is 11.1. The van der Waals surface area contributed by atoms with Crippen LogP contribution in [0.5, 0.6) is 5.88 Å². The van der Waals surface area contributed by atoms with Crippen molar-refractivity contribution < 1.29 is 9.53 Å². The third-order valence-electron chi connectivity index (χ3n) is 5.86. The summed E-state index contributed by atoms with van der Waals surface area (Å²) in [5.74, 6) is 1.34. The minimum Gasteiger partial charge on any atom is -0.472 e. The maximum Gasteiger partial charge on any atom is 0.257 e. The summed E-state index contributed by atoms with van der Waals surface area (Å²) in [7, 11) is 0. The van der Waals surface area contributed by atoms with Gasteiger partial charge in [-0.05, 0) is 32.1 Å². The molecule has 1 amide bonds. The highest BCUT2D eigenvalue weighted by Crippen LogP contribution is 2.34. The molecule has 5 rings (SSSR count). The molecule has 1 aliphatic carbocycles. The normalized spacial score (nSPS) is 23.0. The minimum absolute atomic E-state index is 0.0638. The molecule has 2 unspecified atom stereocenters. The topological polar surface area (TPSA) is 90.2 Å². The molecular weight excluding hydrogens is 390 g/mol. The number of amides is 1. The van der Waals surface area contributed by atoms with Gasteiger partial charge in [0, 0.05) is 36.5 Å². The van der Waals surface area contributed by atoms with Crippen LogP contribution in [0.4, 0.5) is 0 Å². The molecule has 0 N–H and O–H groups in total. The van der Waals surface area contributed by atoms with Gasteiger partial charge in [0.1, 0.15) is 12.4 Å². The molecule has 2 aliphatic heterocycles. The van der Waals surface area contributed by atoms with Crippen molar-refractivity contribution in [1.82, 2.24) is 24.4 Å². The molecule has 9 heteroatoms. The van der Waals surface area contributed by atoms with Crippen molar-refractivity contribution >= 4 is 17.7 Å². The van der Waals surface area contributed by atoms with Crippen molar-refractivity contribution in [3.8, 4) is 5.88 Å². The Balaban J connectivity index is 1.26. The van der Waals surface area contributed by atoms with Crippen LogP contribution in [0.15, 0.2) is 28.5 Å². The lowest BCUT2D eigenvalue weighted by Crippen LogP contribution is -2.45. The molecule has 1 saturated heterocycles. The number of hydrogen-bond acceptors (Lipinski definition) is 7. The minimum atomic E-state index is -0.114. The quantitative estimate of drug-likeness (QED) is 0.704. The molecule has 3 aliphatic rings. The van der Waals surface area contributed by atoms with Crippen LogP contribution in [0.25, 0.3) is 0 Å². The molecule has 29 heavy (non-hydrogen) atoms. The fraction of sp³-hybridized carbons (Fsp3) is 0.550. The van der Waals surface area contributed by atoms with Crippen molar-refractivity contribution in [3.05, 3.63) is 40.2 Å². The Hall–Kier alpha value is -2.42. The molecule has 2 atom stereocenters. The van der Waals surface area contributed by atoms with Gasteiger partial charge in [-0.15, -0.1) is 0 Å². The number of fused-ring (bicyclic) bond motifs is 2. The number of aromatic nitrogens is 4. The number of thioether (sulfide) groups is 1. The number of ether oxygens (including phenoxy) is 1. The fourth-order valence-corrected chi connectivity index (χ4v) is 5.57. The SMILES string of the molecule is O=C(CC1CSc2nc3c(c(=O)n21)CCC3)N1CCCC(Oc2ccncn2)C1. The van der Waals surface area contributed by atoms with E-state index >= 15 is 0 Å². The molecule has 1 fully saturated rings. The number of piperidine rings is 1. The van der Waals surface area contributed by atoms with E-state index in [1.165, 1.54) is 6.33 Å². The maximum atomic E-state index is 13.0. The molecule has 2 aromatic heterocycles. The molecule has 0 radical (unpaired) electrons. The number of hydrogen-bond donors (Lipinski definition) is 0. The largest absolute Gasteiger partial charge is 0.472 e. The summed E-state index contributed by atoms with van der Waals surface area (Å²) >= 11 is 1.59. The van der Waals surface area contributed by atoms with E-state index in [2.05, 4.69) is 9.97 Å². The van der Waals surface area contributed by atoms with Gasteiger partial charge in [-0.1, -0.05) is 11.8 Å². The second-order valence-corrected chi connectivity index (χ2v) is 8.77. The van der Waals surface area contributed by atoms with Crippen LogP contribution in [0.3, 0.4) is 0 Å². The molecule has 2 aromatic rings. The summed E-state index contributed by atoms with van der Waals surface area (Å²) in [5, 5.41) is 0.775. The van der Waals surface area contributed by atoms with E-state index in [-0.39, 0.29) is 23.6 Å². The Kier molecular flexibility index (Phi) is 4.99. The number of carbonyl (C=O) groups excluding carboxylic acids is 1. The first-order valence-electron chi connectivity index (χ1n) is 10.2. The Morgan fingerprint density at radius 3 is 3.10 bits per heavy atom. The van der Waals surface area contributed by atoms with Crippen molar-refractivity contribution in [2.24, 2.45) is 0 Å². The Morgan fingerprint density at radius 2 is 2.24 bits per heavy atom. The van der Waals surface area contributed by atoms with Gasteiger partial charge in [-0.3, -0.25) is 14.2 Å². The predicted molar refractivity (Wildman–Crippen MR) is 107 cm³/mol. The number of likely N-dealkylation sites (tertiary alicyclic amines) is 1. The molecular formula is C20H23N5O3S. The lowest BCUT2D eigenvalue weighted by molar-refractivity contribution is -0.134. The summed E-state index contributed by atoms with van der Waals surface area (Å²) in [4.78, 5) is 40.5. The second-order valence-electron chi connectivity index (χ2n) is 7.79. The van der Waals surface area contributed by atoms with E-state index in [9.17, 15) is 9.59 Å². The van der Waals surface area contributed by atoms with Gasteiger partial charge in [0.15, 0.2) is 5.16 Å². The number of carbonyl (C=O) groups is 1. The zero-order chi connectivity index (χ0) is 19.8. The van der Waals surface area contributed by atoms with Crippen LogP contribution < -0.4 is 10.3 Å². The first kappa shape index (κ1) is 18.6. The Labute approximate surface area is 172 Å². The van der Waals surface area contributed by atoms with Gasteiger partial charge < -0.3 is 9.64 Å². The third-order valence-corrected chi connectivity index (χ3v) is 6.95. The van der Waals surface area contributed by atoms with Crippen LogP contribution in [0, 0.1) is 0 Å². The van der Waals surface area contributed by atoms with Gasteiger partial charge in [0.05, 0.1) is 18.3 Å². The number of rotatable bonds is 4. The highest BCUT2D eigenvalue weighted by atomic mass is 32.2. The lowest BCUT2D eigenvalue weighted by Gasteiger charge is -2.33. The fourth-order valence-electron chi connectivity index (χ4n) is 4.41. The van der Waals surface area contributed by atoms with E-state index in [1.807, 2.05) is 4.90 Å². The third kappa shape index (κ3) is 3.63. The molecule has 0 saturated carbocycles. The van der Waals surface area contributed by atoms with Gasteiger partial charge in [-0.2, -0.15) is 0 Å². The van der Waals surface area contributed by atoms with Gasteiger partial charge >= 0.3 is 0 Å². The van der Waals surface area contributed by atoms with Crippen LogP contribution in [0.2, 0.25) is 0 Å². The molecule has 8 nitrogen and oxygen atoms in total. The van der Waals surface area contributed by atoms with E-state index in [1.54, 1.807) is 28.6 Å². The van der Waals surface area contributed by atoms with Crippen LogP contribution >= 0.6 is 11.8 Å². The average Bonchev–Trinajstić information content (AvgIpc) is 3.37. The lowest BCUT2D eigenvalue weighted by atomic mass is 10.1. The zero-order valence-corrected chi connectivity index (χ0v) is 16.9. The monoisotopic (exact) mass is 413 g/mol. The van der Waals surface area contributed by atoms with E-state index in [4.69, 9.17) is 9.72 Å². The number of nitrogens with zero attached hydrogens (tertiary/aromatic N) is 5. The summed E-state index contributed by atoms with van der Waals surface area (Å²) in [6.07, 6.45) is 7.85. The van der Waals surface area contributed by atoms with Gasteiger partial charge in [0.25, 0.3) is 5.56 Å². The van der Waals surface area contributed by atoms with E-state index < -0.39 is 0 Å². The summed E-state index contributed by atoms with van der Waals surface area (Å²) in [6, 6.07) is 1.61. The maximum absolute atomic E-state index is 13.0. The van der Waals surface area contributed by atoms with Crippen LogP contribution in [-0.4, -0.2) is 55.3 Å². The summed E-state index contributed by atoms with van der Waals surface area (Å²) in [6.45, 7) is 1.28. The average molecular weight is 414 g/mol. The van der Waals surface area contributed by atoms with Crippen LogP contribution in [-0.2, 0) is 17.6 Å². The molecule has 0 spiro atoms. The molecule has 0 bridgehead atoms. The second kappa shape index (κ2) is 7.78. The first-order chi connectivity index (χ1) is 14.2. The van der Waals surface area contributed by atoms with Crippen molar-refractivity contribution in [2.75, 3.05) is 18.8 Å². The highest BCUT2D eigenvalue weighted by Gasteiger charge is 2.33. The van der Waals surface area contributed by atoms with Gasteiger partial charge in [0.2, 0.25) is 11.8 Å². The smallest absolute Gasteiger partial charge is 0.257 e. The van der Waals surface area contributed by atoms with Crippen molar-refractivity contribution in [1.29, 1.82) is 0 Å². The Morgan fingerprint density at radius 1 is 1.31 bits per heavy atom. The van der Waals surface area contributed by atoms with E-state index in [0.717, 1.165) is 60.8 Å². The molecule has 0 aromatic carbocycles. The molecule has 152 valence electrons. The highest BCUT2D eigenvalue weighted by molar-refractivity contribution is 7.99. The van der Waals surface area contributed by atoms with E-state index in [0.29, 0.717) is 18.8 Å². The Bertz CT molecular complexity index is 980. The summed E-state index contributed by atoms with van der Waals surface area (Å²) < 4.78 is 7.69. The van der Waals surface area contributed by atoms with Crippen LogP contribution in [0.1, 0.15) is 43.0 Å². The zero-order valence-electron chi connectivity index (χ0n) is 16.1. The summed E-state index contributed by atoms with van der Waals surface area (Å²) in [5.41, 5.74) is 1.88. The van der Waals surface area contributed by atoms with Gasteiger partial charge in [-0.25, -0.2) is 15.0 Å². The van der Waals surface area contributed by atoms with Crippen molar-refractivity contribution in [2.45, 2.75) is 55.8 Å². The van der Waals surface area contributed by atoms with Crippen molar-refractivity contribution in [3.63, 3.8) is 0 Å².